The normalized spacial score (nSPS) is 21.4. The zero-order chi connectivity index (χ0) is 20.9. The predicted molar refractivity (Wildman–Crippen MR) is 116 cm³/mol. The van der Waals surface area contributed by atoms with Crippen molar-refractivity contribution >= 4 is 17.6 Å². The van der Waals surface area contributed by atoms with Crippen LogP contribution in [0, 0.1) is 5.92 Å². The highest BCUT2D eigenvalue weighted by atomic mass is 16.5. The van der Waals surface area contributed by atoms with Gasteiger partial charge in [0.05, 0.1) is 19.1 Å². The molecule has 2 atom stereocenters. The van der Waals surface area contributed by atoms with Crippen molar-refractivity contribution in [2.75, 3.05) is 32.1 Å². The minimum atomic E-state index is -0.140. The van der Waals surface area contributed by atoms with Crippen LogP contribution in [0.4, 0.5) is 10.5 Å². The Kier molecular flexibility index (Phi) is 6.21. The Hall–Kier alpha value is -3.02. The summed E-state index contributed by atoms with van der Waals surface area (Å²) in [6.07, 6.45) is 3.66. The maximum atomic E-state index is 13.4. The van der Waals surface area contributed by atoms with Crippen LogP contribution in [0.1, 0.15) is 37.3 Å². The van der Waals surface area contributed by atoms with E-state index >= 15 is 0 Å². The van der Waals surface area contributed by atoms with E-state index in [1.54, 1.807) is 12.0 Å². The number of ether oxygens (including phenoxy) is 1. The summed E-state index contributed by atoms with van der Waals surface area (Å²) in [6.45, 7) is 1.94. The van der Waals surface area contributed by atoms with Crippen LogP contribution in [0.15, 0.2) is 54.6 Å². The number of carbonyl (C=O) groups is 2. The molecule has 2 fully saturated rings. The maximum Gasteiger partial charge on any atom is 0.321 e. The molecule has 2 aromatic carbocycles. The van der Waals surface area contributed by atoms with Crippen molar-refractivity contribution in [3.8, 4) is 5.75 Å². The van der Waals surface area contributed by atoms with Crippen LogP contribution in [0.2, 0.25) is 0 Å². The number of likely N-dealkylation sites (tertiary alicyclic amines) is 2. The number of nitrogens with one attached hydrogen (secondary N) is 1. The van der Waals surface area contributed by atoms with Crippen LogP contribution in [-0.4, -0.2) is 48.5 Å². The van der Waals surface area contributed by atoms with Gasteiger partial charge in [-0.05, 0) is 55.5 Å². The van der Waals surface area contributed by atoms with Gasteiger partial charge in [0, 0.05) is 25.3 Å². The highest BCUT2D eigenvalue weighted by Gasteiger charge is 2.36. The quantitative estimate of drug-likeness (QED) is 0.822. The molecule has 30 heavy (non-hydrogen) atoms. The number of rotatable bonds is 4. The third-order valence-electron chi connectivity index (χ3n) is 6.12. The van der Waals surface area contributed by atoms with E-state index in [0.717, 1.165) is 49.2 Å². The molecule has 3 amide bonds. The molecule has 0 aromatic heterocycles. The van der Waals surface area contributed by atoms with Crippen molar-refractivity contribution in [3.05, 3.63) is 60.2 Å². The third kappa shape index (κ3) is 4.42. The highest BCUT2D eigenvalue weighted by Crippen LogP contribution is 2.35. The van der Waals surface area contributed by atoms with Crippen LogP contribution in [0.25, 0.3) is 0 Å². The molecule has 0 unspecified atom stereocenters. The van der Waals surface area contributed by atoms with Crippen molar-refractivity contribution in [3.63, 3.8) is 0 Å². The molecule has 0 spiro atoms. The molecule has 2 heterocycles. The second kappa shape index (κ2) is 9.20. The lowest BCUT2D eigenvalue weighted by molar-refractivity contribution is -0.137. The molecule has 0 radical (unpaired) electrons. The number of urea groups is 1. The number of piperidine rings is 1. The van der Waals surface area contributed by atoms with Crippen molar-refractivity contribution in [1.82, 2.24) is 9.80 Å². The van der Waals surface area contributed by atoms with E-state index in [2.05, 4.69) is 17.4 Å². The SMILES string of the molecule is COc1ccc([C@H]2CCCN2C(=O)[C@H]2CCCN(C(=O)Nc3ccccc3)C2)cc1. The molecule has 0 aliphatic carbocycles. The first-order valence-electron chi connectivity index (χ1n) is 10.7. The van der Waals surface area contributed by atoms with Crippen molar-refractivity contribution < 1.29 is 14.3 Å². The topological polar surface area (TPSA) is 61.9 Å². The van der Waals surface area contributed by atoms with Gasteiger partial charge in [-0.15, -0.1) is 0 Å². The Balaban J connectivity index is 1.41. The Morgan fingerprint density at radius 3 is 2.43 bits per heavy atom. The van der Waals surface area contributed by atoms with Crippen LogP contribution in [0.3, 0.4) is 0 Å². The largest absolute Gasteiger partial charge is 0.497 e. The summed E-state index contributed by atoms with van der Waals surface area (Å²) < 4.78 is 5.25. The molecule has 0 saturated carbocycles. The van der Waals surface area contributed by atoms with E-state index in [-0.39, 0.29) is 23.9 Å². The molecular weight excluding hydrogens is 378 g/mol. The van der Waals surface area contributed by atoms with Gasteiger partial charge in [0.2, 0.25) is 5.91 Å². The number of hydrogen-bond donors (Lipinski definition) is 1. The zero-order valence-corrected chi connectivity index (χ0v) is 17.4. The van der Waals surface area contributed by atoms with Crippen LogP contribution in [0.5, 0.6) is 5.75 Å². The van der Waals surface area contributed by atoms with E-state index in [1.807, 2.05) is 47.4 Å². The Bertz CT molecular complexity index is 869. The number of carbonyl (C=O) groups excluding carboxylic acids is 2. The maximum absolute atomic E-state index is 13.4. The lowest BCUT2D eigenvalue weighted by Crippen LogP contribution is -2.47. The summed E-state index contributed by atoms with van der Waals surface area (Å²) in [5, 5.41) is 2.94. The number of amides is 3. The van der Waals surface area contributed by atoms with Gasteiger partial charge in [-0.25, -0.2) is 4.79 Å². The van der Waals surface area contributed by atoms with Gasteiger partial charge in [-0.1, -0.05) is 30.3 Å². The first-order chi connectivity index (χ1) is 14.7. The number of benzene rings is 2. The molecule has 6 nitrogen and oxygen atoms in total. The predicted octanol–water partition coefficient (Wildman–Crippen LogP) is 4.30. The second-order valence-corrected chi connectivity index (χ2v) is 8.04. The van der Waals surface area contributed by atoms with Crippen molar-refractivity contribution in [2.45, 2.75) is 31.7 Å². The van der Waals surface area contributed by atoms with E-state index in [1.165, 1.54) is 0 Å². The van der Waals surface area contributed by atoms with Gasteiger partial charge in [-0.3, -0.25) is 4.79 Å². The monoisotopic (exact) mass is 407 g/mol. The average molecular weight is 408 g/mol. The van der Waals surface area contributed by atoms with Gasteiger partial charge >= 0.3 is 6.03 Å². The average Bonchev–Trinajstić information content (AvgIpc) is 3.29. The zero-order valence-electron chi connectivity index (χ0n) is 17.4. The minimum absolute atomic E-state index is 0.108. The molecule has 0 bridgehead atoms. The smallest absolute Gasteiger partial charge is 0.321 e. The third-order valence-corrected chi connectivity index (χ3v) is 6.12. The number of nitrogens with zero attached hydrogens (tertiary/aromatic N) is 2. The molecule has 1 N–H and O–H groups in total. The van der Waals surface area contributed by atoms with Gasteiger partial charge < -0.3 is 19.9 Å². The first kappa shape index (κ1) is 20.3. The number of anilines is 1. The lowest BCUT2D eigenvalue weighted by Gasteiger charge is -2.35. The van der Waals surface area contributed by atoms with Crippen LogP contribution >= 0.6 is 0 Å². The number of methoxy groups -OCH3 is 1. The Morgan fingerprint density at radius 2 is 1.70 bits per heavy atom. The lowest BCUT2D eigenvalue weighted by atomic mass is 9.95. The van der Waals surface area contributed by atoms with Crippen LogP contribution < -0.4 is 10.1 Å². The molecule has 2 aliphatic rings. The Labute approximate surface area is 177 Å². The van der Waals surface area contributed by atoms with Gasteiger partial charge in [0.25, 0.3) is 0 Å². The van der Waals surface area contributed by atoms with Crippen molar-refractivity contribution in [2.24, 2.45) is 5.92 Å². The molecule has 6 heteroatoms. The summed E-state index contributed by atoms with van der Waals surface area (Å²) in [5.74, 6) is 0.853. The van der Waals surface area contributed by atoms with E-state index in [4.69, 9.17) is 4.74 Å². The molecule has 2 saturated heterocycles. The van der Waals surface area contributed by atoms with Crippen LogP contribution in [-0.2, 0) is 4.79 Å². The van der Waals surface area contributed by atoms with Crippen molar-refractivity contribution in [1.29, 1.82) is 0 Å². The van der Waals surface area contributed by atoms with Gasteiger partial charge in [0.1, 0.15) is 5.75 Å². The summed E-state index contributed by atoms with van der Waals surface area (Å²) in [5.41, 5.74) is 1.92. The van der Waals surface area contributed by atoms with Gasteiger partial charge in [0.15, 0.2) is 0 Å². The Morgan fingerprint density at radius 1 is 0.967 bits per heavy atom. The molecule has 2 aromatic rings. The highest BCUT2D eigenvalue weighted by molar-refractivity contribution is 5.90. The molecule has 2 aliphatic heterocycles. The standard InChI is InChI=1S/C24H29N3O3/c1-30-21-13-11-18(12-14-21)22-10-6-16-27(22)23(28)19-7-5-15-26(17-19)24(29)25-20-8-3-2-4-9-20/h2-4,8-9,11-14,19,22H,5-7,10,15-17H2,1H3,(H,25,29)/t19-,22+/m0/s1. The van der Waals surface area contributed by atoms with E-state index < -0.39 is 0 Å². The fourth-order valence-corrected chi connectivity index (χ4v) is 4.52. The molecule has 158 valence electrons. The second-order valence-electron chi connectivity index (χ2n) is 8.04. The van der Waals surface area contributed by atoms with E-state index in [0.29, 0.717) is 13.1 Å². The summed E-state index contributed by atoms with van der Waals surface area (Å²) in [7, 11) is 1.66. The minimum Gasteiger partial charge on any atom is -0.497 e. The molecular formula is C24H29N3O3. The first-order valence-corrected chi connectivity index (χ1v) is 10.7. The van der Waals surface area contributed by atoms with Gasteiger partial charge in [-0.2, -0.15) is 0 Å². The number of hydrogen-bond acceptors (Lipinski definition) is 3. The fourth-order valence-electron chi connectivity index (χ4n) is 4.52. The summed E-state index contributed by atoms with van der Waals surface area (Å²) >= 11 is 0. The van der Waals surface area contributed by atoms with E-state index in [9.17, 15) is 9.59 Å². The summed E-state index contributed by atoms with van der Waals surface area (Å²) in [4.78, 5) is 29.9. The number of para-hydroxylation sites is 1. The molecule has 4 rings (SSSR count). The summed E-state index contributed by atoms with van der Waals surface area (Å²) in [6, 6.07) is 17.4. The fraction of sp³-hybridized carbons (Fsp3) is 0.417.